The highest BCUT2D eigenvalue weighted by atomic mass is 16.6. The molecule has 8 nitrogen and oxygen atoms in total. The van der Waals surface area contributed by atoms with Gasteiger partial charge in [-0.1, -0.05) is 0 Å². The lowest BCUT2D eigenvalue weighted by Crippen LogP contribution is -2.28. The van der Waals surface area contributed by atoms with Crippen LogP contribution in [0.3, 0.4) is 0 Å². The zero-order valence-electron chi connectivity index (χ0n) is 8.12. The zero-order valence-corrected chi connectivity index (χ0v) is 8.12. The summed E-state index contributed by atoms with van der Waals surface area (Å²) in [5, 5.41) is 30.8. The Morgan fingerprint density at radius 2 is 2.27 bits per heavy atom. The number of aromatic nitrogens is 2. The summed E-state index contributed by atoms with van der Waals surface area (Å²) in [5.41, 5.74) is 0. The minimum absolute atomic E-state index is 0.160. The molecule has 0 aliphatic carbocycles. The minimum atomic E-state index is -0.640. The number of hydrogen-bond donors (Lipinski definition) is 3. The molecule has 3 N–H and O–H groups in total. The lowest BCUT2D eigenvalue weighted by molar-refractivity contribution is -0.388. The van der Waals surface area contributed by atoms with Gasteiger partial charge in [0.1, 0.15) is 0 Å². The summed E-state index contributed by atoms with van der Waals surface area (Å²) in [6, 6.07) is -0.640. The van der Waals surface area contributed by atoms with Crippen molar-refractivity contribution in [2.24, 2.45) is 7.05 Å². The van der Waals surface area contributed by atoms with Crippen molar-refractivity contribution in [3.05, 3.63) is 16.4 Å². The van der Waals surface area contributed by atoms with Gasteiger partial charge in [0.2, 0.25) is 12.1 Å². The van der Waals surface area contributed by atoms with Crippen molar-refractivity contribution in [3.8, 4) is 0 Å². The quantitative estimate of drug-likeness (QED) is 0.434. The van der Waals surface area contributed by atoms with Crippen molar-refractivity contribution in [2.45, 2.75) is 6.04 Å². The Hall–Kier alpha value is -1.67. The molecule has 0 bridgehead atoms. The van der Waals surface area contributed by atoms with E-state index < -0.39 is 11.0 Å². The van der Waals surface area contributed by atoms with Gasteiger partial charge in [0.05, 0.1) is 19.3 Å². The van der Waals surface area contributed by atoms with E-state index in [4.69, 9.17) is 10.2 Å². The molecule has 0 saturated heterocycles. The SMILES string of the molecule is Cn1cnc([N+](=O)[O-])c1NC(CO)CO. The first-order chi connectivity index (χ1) is 7.10. The number of aryl methyl sites for hydroxylation is 1. The maximum Gasteiger partial charge on any atom is 0.406 e. The molecule has 0 spiro atoms. The monoisotopic (exact) mass is 216 g/mol. The third-order valence-electron chi connectivity index (χ3n) is 1.87. The number of rotatable bonds is 5. The van der Waals surface area contributed by atoms with Crippen LogP contribution in [0.1, 0.15) is 0 Å². The van der Waals surface area contributed by atoms with Crippen LogP contribution < -0.4 is 5.32 Å². The Labute approximate surface area is 85.3 Å². The van der Waals surface area contributed by atoms with Crippen molar-refractivity contribution in [1.29, 1.82) is 0 Å². The maximum absolute atomic E-state index is 10.6. The first-order valence-corrected chi connectivity index (χ1v) is 4.24. The summed E-state index contributed by atoms with van der Waals surface area (Å²) in [4.78, 5) is 13.5. The average Bonchev–Trinajstić information content (AvgIpc) is 2.56. The van der Waals surface area contributed by atoms with Gasteiger partial charge in [-0.15, -0.1) is 0 Å². The van der Waals surface area contributed by atoms with Crippen molar-refractivity contribution < 1.29 is 15.1 Å². The van der Waals surface area contributed by atoms with Crippen LogP contribution >= 0.6 is 0 Å². The predicted molar refractivity (Wildman–Crippen MR) is 51.4 cm³/mol. The molecule has 84 valence electrons. The third kappa shape index (κ3) is 2.42. The fourth-order valence-electron chi connectivity index (χ4n) is 1.06. The Morgan fingerprint density at radius 3 is 2.73 bits per heavy atom. The summed E-state index contributed by atoms with van der Waals surface area (Å²) < 4.78 is 1.41. The highest BCUT2D eigenvalue weighted by molar-refractivity contribution is 5.52. The molecular weight excluding hydrogens is 204 g/mol. The van der Waals surface area contributed by atoms with Gasteiger partial charge in [-0.2, -0.15) is 0 Å². The van der Waals surface area contributed by atoms with Crippen LogP contribution in [0, 0.1) is 10.1 Å². The maximum atomic E-state index is 10.6. The lowest BCUT2D eigenvalue weighted by Gasteiger charge is -2.13. The number of aliphatic hydroxyl groups excluding tert-OH is 2. The number of nitrogens with zero attached hydrogens (tertiary/aromatic N) is 3. The van der Waals surface area contributed by atoms with Crippen LogP contribution in [0.25, 0.3) is 0 Å². The Bertz CT molecular complexity index is 347. The summed E-state index contributed by atoms with van der Waals surface area (Å²) in [7, 11) is 1.58. The van der Waals surface area contributed by atoms with Gasteiger partial charge in [-0.05, 0) is 9.91 Å². The van der Waals surface area contributed by atoms with E-state index in [1.165, 1.54) is 10.9 Å². The van der Waals surface area contributed by atoms with E-state index in [1.54, 1.807) is 7.05 Å². The molecule has 8 heteroatoms. The number of anilines is 1. The summed E-state index contributed by atoms with van der Waals surface area (Å²) >= 11 is 0. The van der Waals surface area contributed by atoms with Gasteiger partial charge in [-0.25, -0.2) is 0 Å². The van der Waals surface area contributed by atoms with Crippen molar-refractivity contribution in [3.63, 3.8) is 0 Å². The van der Waals surface area contributed by atoms with E-state index in [9.17, 15) is 10.1 Å². The molecule has 1 heterocycles. The predicted octanol–water partition coefficient (Wildman–Crippen LogP) is -0.907. The normalized spacial score (nSPS) is 10.7. The van der Waals surface area contributed by atoms with Gasteiger partial charge in [0.15, 0.2) is 0 Å². The number of aliphatic hydroxyl groups is 2. The highest BCUT2D eigenvalue weighted by Crippen LogP contribution is 2.21. The van der Waals surface area contributed by atoms with Crippen LogP contribution in [-0.2, 0) is 7.05 Å². The van der Waals surface area contributed by atoms with Crippen LogP contribution in [0.2, 0.25) is 0 Å². The standard InChI is InChI=1S/C7H12N4O4/c1-10-4-8-6(11(14)15)7(10)9-5(2-12)3-13/h4-5,9,12-13H,2-3H2,1H3. The largest absolute Gasteiger partial charge is 0.406 e. The second-order valence-electron chi connectivity index (χ2n) is 2.99. The van der Waals surface area contributed by atoms with Gasteiger partial charge in [0, 0.05) is 7.05 Å². The lowest BCUT2D eigenvalue weighted by atomic mass is 10.3. The molecule has 1 aromatic rings. The molecule has 15 heavy (non-hydrogen) atoms. The number of hydrogen-bond acceptors (Lipinski definition) is 6. The first kappa shape index (κ1) is 11.4. The highest BCUT2D eigenvalue weighted by Gasteiger charge is 2.21. The Morgan fingerprint density at radius 1 is 1.67 bits per heavy atom. The first-order valence-electron chi connectivity index (χ1n) is 4.24. The molecule has 1 rings (SSSR count). The summed E-state index contributed by atoms with van der Waals surface area (Å²) in [6.07, 6.45) is 1.28. The molecule has 1 aromatic heterocycles. The van der Waals surface area contributed by atoms with Crippen LogP contribution in [0.15, 0.2) is 6.33 Å². The topological polar surface area (TPSA) is 113 Å². The van der Waals surface area contributed by atoms with Crippen LogP contribution in [-0.4, -0.2) is 43.9 Å². The molecule has 0 fully saturated rings. The van der Waals surface area contributed by atoms with Gasteiger partial charge in [-0.3, -0.25) is 4.57 Å². The third-order valence-corrected chi connectivity index (χ3v) is 1.87. The minimum Gasteiger partial charge on any atom is -0.394 e. The van der Waals surface area contributed by atoms with Crippen molar-refractivity contribution in [1.82, 2.24) is 9.55 Å². The smallest absolute Gasteiger partial charge is 0.394 e. The molecule has 0 atom stereocenters. The van der Waals surface area contributed by atoms with E-state index >= 15 is 0 Å². The van der Waals surface area contributed by atoms with Crippen LogP contribution in [0.5, 0.6) is 0 Å². The molecule has 0 aliphatic heterocycles. The van der Waals surface area contributed by atoms with E-state index in [0.717, 1.165) is 0 Å². The number of nitro groups is 1. The van der Waals surface area contributed by atoms with E-state index in [-0.39, 0.29) is 24.8 Å². The molecule has 0 unspecified atom stereocenters. The average molecular weight is 216 g/mol. The van der Waals surface area contributed by atoms with E-state index in [2.05, 4.69) is 10.3 Å². The van der Waals surface area contributed by atoms with E-state index in [0.29, 0.717) is 0 Å². The molecule has 0 aromatic carbocycles. The number of nitrogens with one attached hydrogen (secondary N) is 1. The molecule has 0 aliphatic rings. The Kier molecular flexibility index (Phi) is 3.58. The van der Waals surface area contributed by atoms with Gasteiger partial charge < -0.3 is 25.6 Å². The second kappa shape index (κ2) is 4.71. The van der Waals surface area contributed by atoms with Gasteiger partial charge in [0.25, 0.3) is 0 Å². The number of imidazole rings is 1. The van der Waals surface area contributed by atoms with Gasteiger partial charge >= 0.3 is 5.82 Å². The fourth-order valence-corrected chi connectivity index (χ4v) is 1.06. The summed E-state index contributed by atoms with van der Waals surface area (Å²) in [6.45, 7) is -0.641. The van der Waals surface area contributed by atoms with Crippen LogP contribution in [0.4, 0.5) is 11.6 Å². The Balaban J connectivity index is 2.91. The summed E-state index contributed by atoms with van der Waals surface area (Å²) in [5.74, 6) is -0.169. The second-order valence-corrected chi connectivity index (χ2v) is 2.99. The fraction of sp³-hybridized carbons (Fsp3) is 0.571. The molecular formula is C7H12N4O4. The molecule has 0 radical (unpaired) electrons. The zero-order chi connectivity index (χ0) is 11.4. The van der Waals surface area contributed by atoms with Crippen molar-refractivity contribution in [2.75, 3.05) is 18.5 Å². The van der Waals surface area contributed by atoms with E-state index in [1.807, 2.05) is 0 Å². The van der Waals surface area contributed by atoms with Crippen molar-refractivity contribution >= 4 is 11.6 Å². The molecule has 0 saturated carbocycles. The molecule has 0 amide bonds.